The van der Waals surface area contributed by atoms with Gasteiger partial charge in [0.25, 0.3) is 0 Å². The van der Waals surface area contributed by atoms with Gasteiger partial charge >= 0.3 is 0 Å². The van der Waals surface area contributed by atoms with Crippen molar-refractivity contribution in [3.05, 3.63) is 48.0 Å². The van der Waals surface area contributed by atoms with Gasteiger partial charge in [-0.15, -0.1) is 0 Å². The molecule has 8 nitrogen and oxygen atoms in total. The zero-order chi connectivity index (χ0) is 22.3. The van der Waals surface area contributed by atoms with E-state index in [9.17, 15) is 13.2 Å². The van der Waals surface area contributed by atoms with E-state index < -0.39 is 22.5 Å². The second kappa shape index (κ2) is 10.2. The molecule has 2 aromatic carbocycles. The number of hydrogen-bond acceptors (Lipinski definition) is 6. The number of benzene rings is 2. The fourth-order valence-electron chi connectivity index (χ4n) is 3.00. The minimum atomic E-state index is -3.77. The summed E-state index contributed by atoms with van der Waals surface area (Å²) >= 11 is 0. The molecule has 0 aliphatic heterocycles. The molecule has 30 heavy (non-hydrogen) atoms. The fraction of sp³-hybridized carbons (Fsp3) is 0.381. The molecule has 0 saturated heterocycles. The largest absolute Gasteiger partial charge is 0.497 e. The number of nitrogens with zero attached hydrogens (tertiary/aromatic N) is 1. The third kappa shape index (κ3) is 5.79. The van der Waals surface area contributed by atoms with Crippen LogP contribution in [-0.2, 0) is 14.8 Å². The Morgan fingerprint density at radius 2 is 1.60 bits per heavy atom. The van der Waals surface area contributed by atoms with Crippen molar-refractivity contribution in [1.29, 1.82) is 0 Å². The molecule has 1 N–H and O–H groups in total. The highest BCUT2D eigenvalue weighted by molar-refractivity contribution is 7.92. The van der Waals surface area contributed by atoms with Crippen LogP contribution >= 0.6 is 0 Å². The van der Waals surface area contributed by atoms with E-state index in [0.717, 1.165) is 16.1 Å². The number of sulfonamides is 1. The van der Waals surface area contributed by atoms with E-state index >= 15 is 0 Å². The Balaban J connectivity index is 2.27. The molecular weight excluding hydrogens is 408 g/mol. The molecule has 2 aromatic rings. The summed E-state index contributed by atoms with van der Waals surface area (Å²) in [7, 11) is 0.727. The molecular formula is C21H28N2O6S. The molecule has 0 aliphatic rings. The van der Waals surface area contributed by atoms with E-state index in [4.69, 9.17) is 14.2 Å². The Morgan fingerprint density at radius 3 is 2.10 bits per heavy atom. The minimum Gasteiger partial charge on any atom is -0.497 e. The van der Waals surface area contributed by atoms with Crippen LogP contribution < -0.4 is 23.8 Å². The molecule has 0 bridgehead atoms. The van der Waals surface area contributed by atoms with Gasteiger partial charge in [0.15, 0.2) is 0 Å². The third-order valence-electron chi connectivity index (χ3n) is 4.60. The first kappa shape index (κ1) is 23.3. The smallest absolute Gasteiger partial charge is 0.241 e. The van der Waals surface area contributed by atoms with Crippen LogP contribution in [0.3, 0.4) is 0 Å². The summed E-state index contributed by atoms with van der Waals surface area (Å²) in [5.74, 6) is 1.04. The van der Waals surface area contributed by atoms with Crippen LogP contribution in [0.15, 0.2) is 42.5 Å². The first-order chi connectivity index (χ1) is 14.2. The summed E-state index contributed by atoms with van der Waals surface area (Å²) in [6.07, 6.45) is 1.68. The molecule has 0 heterocycles. The van der Waals surface area contributed by atoms with Crippen molar-refractivity contribution < 1.29 is 27.4 Å². The molecule has 0 aliphatic carbocycles. The second-order valence-corrected chi connectivity index (χ2v) is 8.52. The maximum absolute atomic E-state index is 12.8. The van der Waals surface area contributed by atoms with Crippen LogP contribution in [-0.4, -0.2) is 48.5 Å². The molecule has 0 spiro atoms. The highest BCUT2D eigenvalue weighted by Crippen LogP contribution is 2.33. The van der Waals surface area contributed by atoms with Crippen LogP contribution in [0, 0.1) is 0 Å². The van der Waals surface area contributed by atoms with Gasteiger partial charge in [0.05, 0.1) is 39.3 Å². The van der Waals surface area contributed by atoms with Crippen LogP contribution in [0.2, 0.25) is 0 Å². The van der Waals surface area contributed by atoms with Gasteiger partial charge in [0.1, 0.15) is 23.8 Å². The summed E-state index contributed by atoms with van der Waals surface area (Å²) in [5, 5.41) is 2.90. The van der Waals surface area contributed by atoms with Gasteiger partial charge < -0.3 is 19.5 Å². The lowest BCUT2D eigenvalue weighted by atomic mass is 10.0. The average Bonchev–Trinajstić information content (AvgIpc) is 2.74. The number of methoxy groups -OCH3 is 3. The number of hydrogen-bond donors (Lipinski definition) is 1. The van der Waals surface area contributed by atoms with Crippen LogP contribution in [0.1, 0.15) is 24.9 Å². The third-order valence-corrected chi connectivity index (χ3v) is 5.73. The first-order valence-corrected chi connectivity index (χ1v) is 11.2. The zero-order valence-electron chi connectivity index (χ0n) is 17.8. The van der Waals surface area contributed by atoms with E-state index in [1.165, 1.54) is 20.3 Å². The number of ether oxygens (including phenoxy) is 3. The van der Waals surface area contributed by atoms with Gasteiger partial charge in [-0.3, -0.25) is 9.10 Å². The second-order valence-electron chi connectivity index (χ2n) is 6.61. The number of amides is 1. The van der Waals surface area contributed by atoms with E-state index in [-0.39, 0.29) is 11.7 Å². The molecule has 0 fully saturated rings. The predicted octanol–water partition coefficient (Wildman–Crippen LogP) is 2.75. The molecule has 2 rings (SSSR count). The Kier molecular flexibility index (Phi) is 7.93. The summed E-state index contributed by atoms with van der Waals surface area (Å²) in [4.78, 5) is 12.8. The Morgan fingerprint density at radius 1 is 1.00 bits per heavy atom. The molecule has 9 heteroatoms. The SMILES string of the molecule is CCC(NC(=O)CN(c1cc(OC)ccc1OC)S(C)(=O)=O)c1ccc(OC)cc1. The van der Waals surface area contributed by atoms with Crippen LogP contribution in [0.25, 0.3) is 0 Å². The lowest BCUT2D eigenvalue weighted by Crippen LogP contribution is -2.41. The standard InChI is InChI=1S/C21H28N2O6S/c1-6-18(15-7-9-16(27-2)10-8-15)22-21(24)14-23(30(5,25)26)19-13-17(28-3)11-12-20(19)29-4/h7-13,18H,6,14H2,1-5H3,(H,22,24). The Labute approximate surface area is 177 Å². The Hall–Kier alpha value is -2.94. The number of carbonyl (C=O) groups excluding carboxylic acids is 1. The summed E-state index contributed by atoms with van der Waals surface area (Å²) in [5.41, 5.74) is 1.13. The van der Waals surface area contributed by atoms with Gasteiger partial charge in [-0.1, -0.05) is 19.1 Å². The molecule has 1 amide bonds. The lowest BCUT2D eigenvalue weighted by molar-refractivity contribution is -0.120. The molecule has 1 unspecified atom stereocenters. The first-order valence-electron chi connectivity index (χ1n) is 9.36. The maximum atomic E-state index is 12.8. The van der Waals surface area contributed by atoms with Gasteiger partial charge in [-0.05, 0) is 36.2 Å². The number of anilines is 1. The number of nitrogens with one attached hydrogen (secondary N) is 1. The van der Waals surface area contributed by atoms with E-state index in [1.54, 1.807) is 19.2 Å². The average molecular weight is 437 g/mol. The quantitative estimate of drug-likeness (QED) is 0.616. The van der Waals surface area contributed by atoms with E-state index in [2.05, 4.69) is 5.32 Å². The summed E-state index contributed by atoms with van der Waals surface area (Å²) < 4.78 is 41.6. The molecule has 0 radical (unpaired) electrons. The fourth-order valence-corrected chi connectivity index (χ4v) is 3.85. The molecule has 1 atom stereocenters. The Bertz CT molecular complexity index is 960. The van der Waals surface area contributed by atoms with Crippen molar-refractivity contribution in [3.63, 3.8) is 0 Å². The van der Waals surface area contributed by atoms with Crippen molar-refractivity contribution in [1.82, 2.24) is 5.32 Å². The zero-order valence-corrected chi connectivity index (χ0v) is 18.7. The highest BCUT2D eigenvalue weighted by Gasteiger charge is 2.25. The normalized spacial score (nSPS) is 12.0. The van der Waals surface area contributed by atoms with Crippen molar-refractivity contribution in [2.75, 3.05) is 38.4 Å². The monoisotopic (exact) mass is 436 g/mol. The highest BCUT2D eigenvalue weighted by atomic mass is 32.2. The van der Waals surface area contributed by atoms with Crippen molar-refractivity contribution >= 4 is 21.6 Å². The topological polar surface area (TPSA) is 94.2 Å². The molecule has 0 aromatic heterocycles. The summed E-state index contributed by atoms with van der Waals surface area (Å²) in [6.45, 7) is 1.55. The molecule has 0 saturated carbocycles. The van der Waals surface area contributed by atoms with Crippen LogP contribution in [0.4, 0.5) is 5.69 Å². The van der Waals surface area contributed by atoms with Crippen LogP contribution in [0.5, 0.6) is 17.2 Å². The number of carbonyl (C=O) groups is 1. The van der Waals surface area contributed by atoms with Gasteiger partial charge in [-0.25, -0.2) is 8.42 Å². The van der Waals surface area contributed by atoms with Gasteiger partial charge in [0, 0.05) is 6.07 Å². The van der Waals surface area contributed by atoms with Gasteiger partial charge in [0.2, 0.25) is 15.9 Å². The van der Waals surface area contributed by atoms with E-state index in [1.807, 2.05) is 31.2 Å². The van der Waals surface area contributed by atoms with Gasteiger partial charge in [-0.2, -0.15) is 0 Å². The lowest BCUT2D eigenvalue weighted by Gasteiger charge is -2.25. The summed E-state index contributed by atoms with van der Waals surface area (Å²) in [6, 6.07) is 11.9. The van der Waals surface area contributed by atoms with Crippen molar-refractivity contribution in [3.8, 4) is 17.2 Å². The van der Waals surface area contributed by atoms with Crippen molar-refractivity contribution in [2.45, 2.75) is 19.4 Å². The van der Waals surface area contributed by atoms with Crippen molar-refractivity contribution in [2.24, 2.45) is 0 Å². The predicted molar refractivity (Wildman–Crippen MR) is 116 cm³/mol. The van der Waals surface area contributed by atoms with E-state index in [0.29, 0.717) is 23.7 Å². The minimum absolute atomic E-state index is 0.229. The number of rotatable bonds is 10. The molecule has 164 valence electrons. The maximum Gasteiger partial charge on any atom is 0.241 e.